The highest BCUT2D eigenvalue weighted by Crippen LogP contribution is 2.42. The Bertz CT molecular complexity index is 944. The van der Waals surface area contributed by atoms with Gasteiger partial charge in [-0.2, -0.15) is 0 Å². The van der Waals surface area contributed by atoms with E-state index in [0.29, 0.717) is 11.3 Å². The van der Waals surface area contributed by atoms with E-state index in [2.05, 4.69) is 0 Å². The lowest BCUT2D eigenvalue weighted by Crippen LogP contribution is -2.30. The van der Waals surface area contributed by atoms with Crippen molar-refractivity contribution in [2.75, 3.05) is 13.7 Å². The van der Waals surface area contributed by atoms with E-state index >= 15 is 0 Å². The summed E-state index contributed by atoms with van der Waals surface area (Å²) in [6.07, 6.45) is 0. The average Bonchev–Trinajstić information content (AvgIpc) is 2.67. The molecule has 1 aromatic heterocycles. The molecule has 2 aromatic rings. The van der Waals surface area contributed by atoms with Crippen LogP contribution in [-0.4, -0.2) is 24.8 Å². The number of aliphatic hydroxyl groups is 1. The van der Waals surface area contributed by atoms with E-state index in [9.17, 15) is 14.7 Å². The van der Waals surface area contributed by atoms with Crippen molar-refractivity contribution in [2.45, 2.75) is 19.4 Å². The number of fused-ring (bicyclic) bond motifs is 1. The molecule has 3 rings (SSSR count). The Morgan fingerprint density at radius 1 is 1.30 bits per heavy atom. The van der Waals surface area contributed by atoms with Crippen LogP contribution >= 0.6 is 0 Å². The number of methoxy groups -OCH3 is 1. The van der Waals surface area contributed by atoms with Gasteiger partial charge in [0.1, 0.15) is 23.7 Å². The van der Waals surface area contributed by atoms with Crippen LogP contribution in [0.5, 0.6) is 11.5 Å². The molecule has 8 nitrogen and oxygen atoms in total. The third-order valence-electron chi connectivity index (χ3n) is 4.11. The molecule has 0 amide bonds. The molecule has 0 radical (unpaired) electrons. The zero-order chi connectivity index (χ0) is 19.6. The van der Waals surface area contributed by atoms with Crippen LogP contribution in [0.15, 0.2) is 51.0 Å². The highest BCUT2D eigenvalue weighted by molar-refractivity contribution is 5.92. The second-order valence-electron chi connectivity index (χ2n) is 5.74. The Labute approximate surface area is 154 Å². The van der Waals surface area contributed by atoms with Crippen molar-refractivity contribution >= 4 is 5.97 Å². The van der Waals surface area contributed by atoms with Gasteiger partial charge in [0.2, 0.25) is 17.1 Å². The molecule has 142 valence electrons. The topological polar surface area (TPSA) is 121 Å². The molecule has 0 spiro atoms. The molecular weight excluding hydrogens is 354 g/mol. The number of carbonyl (C=O) groups is 1. The van der Waals surface area contributed by atoms with Crippen molar-refractivity contribution in [3.05, 3.63) is 69.1 Å². The van der Waals surface area contributed by atoms with E-state index in [1.54, 1.807) is 31.2 Å². The van der Waals surface area contributed by atoms with Crippen molar-refractivity contribution in [3.8, 4) is 11.5 Å². The summed E-state index contributed by atoms with van der Waals surface area (Å²) in [4.78, 5) is 24.9. The number of hydrogen-bond donors (Lipinski definition) is 2. The second kappa shape index (κ2) is 7.55. The van der Waals surface area contributed by atoms with Gasteiger partial charge in [-0.15, -0.1) is 0 Å². The van der Waals surface area contributed by atoms with E-state index in [-0.39, 0.29) is 35.3 Å². The summed E-state index contributed by atoms with van der Waals surface area (Å²) in [5.74, 6) is -1.13. The van der Waals surface area contributed by atoms with Crippen LogP contribution in [0.2, 0.25) is 0 Å². The summed E-state index contributed by atoms with van der Waals surface area (Å²) < 4.78 is 21.3. The maximum Gasteiger partial charge on any atom is 0.340 e. The first kappa shape index (κ1) is 18.5. The molecule has 2 heterocycles. The fourth-order valence-corrected chi connectivity index (χ4v) is 2.90. The first-order valence-electron chi connectivity index (χ1n) is 8.26. The van der Waals surface area contributed by atoms with E-state index in [1.807, 2.05) is 0 Å². The molecule has 0 saturated heterocycles. The summed E-state index contributed by atoms with van der Waals surface area (Å²) in [6, 6.07) is 7.97. The molecule has 0 fully saturated rings. The molecule has 3 N–H and O–H groups in total. The minimum Gasteiger partial charge on any atom is -0.497 e. The van der Waals surface area contributed by atoms with Gasteiger partial charge in [0.15, 0.2) is 5.76 Å². The van der Waals surface area contributed by atoms with Crippen LogP contribution in [0.25, 0.3) is 0 Å². The van der Waals surface area contributed by atoms with Crippen LogP contribution < -0.4 is 20.6 Å². The zero-order valence-corrected chi connectivity index (χ0v) is 14.9. The Morgan fingerprint density at radius 2 is 2.00 bits per heavy atom. The highest BCUT2D eigenvalue weighted by atomic mass is 16.5. The van der Waals surface area contributed by atoms with Gasteiger partial charge in [-0.25, -0.2) is 4.79 Å². The number of benzene rings is 1. The monoisotopic (exact) mass is 373 g/mol. The summed E-state index contributed by atoms with van der Waals surface area (Å²) in [5, 5.41) is 9.38. The molecule has 1 atom stereocenters. The number of ether oxygens (including phenoxy) is 3. The average molecular weight is 373 g/mol. The SMILES string of the molecule is CCOC(=O)C1=C(N)Oc2c(oc(CO)cc2=O)[C@H]1c1ccc(OC)cc1. The zero-order valence-electron chi connectivity index (χ0n) is 14.9. The minimum atomic E-state index is -0.835. The summed E-state index contributed by atoms with van der Waals surface area (Å²) >= 11 is 0. The van der Waals surface area contributed by atoms with Crippen LogP contribution in [-0.2, 0) is 16.1 Å². The summed E-state index contributed by atoms with van der Waals surface area (Å²) in [5.41, 5.74) is 6.08. The largest absolute Gasteiger partial charge is 0.497 e. The van der Waals surface area contributed by atoms with Gasteiger partial charge in [0.25, 0.3) is 0 Å². The van der Waals surface area contributed by atoms with Crippen LogP contribution in [0.3, 0.4) is 0 Å². The van der Waals surface area contributed by atoms with Gasteiger partial charge in [0.05, 0.1) is 19.6 Å². The fraction of sp³-hybridized carbons (Fsp3) is 0.263. The lowest BCUT2D eigenvalue weighted by Gasteiger charge is -2.27. The molecule has 27 heavy (non-hydrogen) atoms. The third-order valence-corrected chi connectivity index (χ3v) is 4.11. The lowest BCUT2D eigenvalue weighted by molar-refractivity contribution is -0.139. The third kappa shape index (κ3) is 3.39. The van der Waals surface area contributed by atoms with Crippen molar-refractivity contribution in [1.82, 2.24) is 0 Å². The smallest absolute Gasteiger partial charge is 0.340 e. The molecule has 0 aliphatic carbocycles. The second-order valence-corrected chi connectivity index (χ2v) is 5.74. The standard InChI is InChI=1S/C19H19NO7/c1-3-25-19(23)15-14(10-4-6-11(24-2)7-5-10)17-16(27-18(15)20)13(22)8-12(9-21)26-17/h4-8,14,21H,3,9,20H2,1-2H3/t14-/m0/s1. The summed E-state index contributed by atoms with van der Waals surface area (Å²) in [7, 11) is 1.53. The predicted octanol–water partition coefficient (Wildman–Crippen LogP) is 1.40. The van der Waals surface area contributed by atoms with Gasteiger partial charge in [-0.1, -0.05) is 12.1 Å². The predicted molar refractivity (Wildman–Crippen MR) is 94.2 cm³/mol. The van der Waals surface area contributed by atoms with Crippen LogP contribution in [0, 0.1) is 0 Å². The molecule has 8 heteroatoms. The molecule has 1 aliphatic heterocycles. The molecule has 1 aromatic carbocycles. The van der Waals surface area contributed by atoms with E-state index in [0.717, 1.165) is 6.07 Å². The quantitative estimate of drug-likeness (QED) is 0.755. The number of carbonyl (C=O) groups excluding carboxylic acids is 1. The van der Waals surface area contributed by atoms with E-state index in [1.165, 1.54) is 7.11 Å². The Balaban J connectivity index is 2.23. The Kier molecular flexibility index (Phi) is 5.18. The summed E-state index contributed by atoms with van der Waals surface area (Å²) in [6.45, 7) is 1.32. The lowest BCUT2D eigenvalue weighted by atomic mass is 9.86. The van der Waals surface area contributed by atoms with Gasteiger partial charge in [-0.3, -0.25) is 4.79 Å². The van der Waals surface area contributed by atoms with Crippen molar-refractivity contribution in [1.29, 1.82) is 0 Å². The number of nitrogens with two attached hydrogens (primary N) is 1. The van der Waals surface area contributed by atoms with E-state index < -0.39 is 23.9 Å². The maximum atomic E-state index is 12.5. The van der Waals surface area contributed by atoms with Crippen molar-refractivity contribution in [3.63, 3.8) is 0 Å². The number of rotatable bonds is 5. The molecule has 1 aliphatic rings. The normalized spacial score (nSPS) is 15.7. The van der Waals surface area contributed by atoms with Gasteiger partial charge in [0, 0.05) is 6.07 Å². The molecule has 0 saturated carbocycles. The van der Waals surface area contributed by atoms with Gasteiger partial charge >= 0.3 is 5.97 Å². The number of hydrogen-bond acceptors (Lipinski definition) is 8. The first-order chi connectivity index (χ1) is 13.0. The fourth-order valence-electron chi connectivity index (χ4n) is 2.90. The van der Waals surface area contributed by atoms with E-state index in [4.69, 9.17) is 24.4 Å². The highest BCUT2D eigenvalue weighted by Gasteiger charge is 2.39. The number of aliphatic hydroxyl groups excluding tert-OH is 1. The van der Waals surface area contributed by atoms with Gasteiger partial charge in [-0.05, 0) is 24.6 Å². The van der Waals surface area contributed by atoms with Crippen LogP contribution in [0.4, 0.5) is 0 Å². The molecule has 0 unspecified atom stereocenters. The minimum absolute atomic E-state index is 0.0211. The molecular formula is C19H19NO7. The Hall–Kier alpha value is -3.26. The molecule has 0 bridgehead atoms. The van der Waals surface area contributed by atoms with Crippen molar-refractivity contribution in [2.24, 2.45) is 5.73 Å². The maximum absolute atomic E-state index is 12.5. The van der Waals surface area contributed by atoms with Gasteiger partial charge < -0.3 is 29.5 Å². The van der Waals surface area contributed by atoms with Crippen molar-refractivity contribution < 1.29 is 28.5 Å². The number of esters is 1. The Morgan fingerprint density at radius 3 is 2.59 bits per heavy atom. The van der Waals surface area contributed by atoms with Crippen LogP contribution in [0.1, 0.15) is 29.9 Å². The first-order valence-corrected chi connectivity index (χ1v) is 8.26.